The van der Waals surface area contributed by atoms with Crippen molar-refractivity contribution >= 4 is 40.3 Å². The Hall–Kier alpha value is -3.79. The molecule has 0 bridgehead atoms. The Kier molecular flexibility index (Phi) is 6.30. The van der Waals surface area contributed by atoms with Crippen LogP contribution in [0.2, 0.25) is 0 Å². The van der Waals surface area contributed by atoms with Gasteiger partial charge < -0.3 is 9.64 Å². The number of amides is 3. The maximum Gasteiger partial charge on any atom is 0.333 e. The number of carbonyl (C=O) groups excluding carboxylic acids is 4. The number of fused-ring (bicyclic) bond motifs is 1. The van der Waals surface area contributed by atoms with Gasteiger partial charge in [0.15, 0.2) is 0 Å². The summed E-state index contributed by atoms with van der Waals surface area (Å²) < 4.78 is 27.7. The fourth-order valence-corrected chi connectivity index (χ4v) is 3.49. The maximum atomic E-state index is 13.2. The van der Waals surface area contributed by atoms with E-state index in [1.807, 2.05) is 0 Å². The molecule has 0 unspecified atom stereocenters. The first kappa shape index (κ1) is 21.9. The van der Waals surface area contributed by atoms with Crippen LogP contribution in [0, 0.1) is 0 Å². The molecular formula is C21H18N2O7S. The zero-order chi connectivity index (χ0) is 22.7. The Balaban J connectivity index is 1.90. The lowest BCUT2D eigenvalue weighted by Gasteiger charge is -2.23. The molecule has 0 saturated carbocycles. The Morgan fingerprint density at radius 2 is 1.68 bits per heavy atom. The molecule has 31 heavy (non-hydrogen) atoms. The molecule has 160 valence electrons. The van der Waals surface area contributed by atoms with E-state index in [4.69, 9.17) is 4.74 Å². The molecule has 0 N–H and O–H groups in total. The van der Waals surface area contributed by atoms with Crippen LogP contribution in [0.1, 0.15) is 38.0 Å². The number of benzene rings is 2. The third-order valence-corrected chi connectivity index (χ3v) is 5.17. The van der Waals surface area contributed by atoms with Crippen molar-refractivity contribution in [2.24, 2.45) is 0 Å². The van der Waals surface area contributed by atoms with Crippen molar-refractivity contribution in [3.8, 4) is 0 Å². The number of thiol groups is 1. The second-order valence-electron chi connectivity index (χ2n) is 6.63. The van der Waals surface area contributed by atoms with Crippen molar-refractivity contribution in [1.29, 1.82) is 0 Å². The van der Waals surface area contributed by atoms with Crippen molar-refractivity contribution in [2.75, 3.05) is 18.1 Å². The number of para-hydroxylation sites is 1. The first-order valence-corrected chi connectivity index (χ1v) is 10.2. The number of carbonyl (C=O) groups is 4. The van der Waals surface area contributed by atoms with Crippen LogP contribution in [0.15, 0.2) is 60.7 Å². The Morgan fingerprint density at radius 3 is 2.29 bits per heavy atom. The maximum absolute atomic E-state index is 13.2. The minimum Gasteiger partial charge on any atom is -0.460 e. The van der Waals surface area contributed by atoms with E-state index in [1.165, 1.54) is 30.0 Å². The monoisotopic (exact) mass is 442 g/mol. The average Bonchev–Trinajstić information content (AvgIpc) is 3.00. The van der Waals surface area contributed by atoms with Crippen molar-refractivity contribution < 1.29 is 32.3 Å². The third-order valence-electron chi connectivity index (χ3n) is 4.48. The molecule has 10 heteroatoms. The predicted octanol–water partition coefficient (Wildman–Crippen LogP) is 1.58. The van der Waals surface area contributed by atoms with Gasteiger partial charge in [-0.1, -0.05) is 24.8 Å². The molecule has 3 rings (SSSR count). The van der Waals surface area contributed by atoms with Crippen molar-refractivity contribution in [3.05, 3.63) is 77.4 Å². The molecule has 1 aliphatic rings. The van der Waals surface area contributed by atoms with Gasteiger partial charge in [0.05, 0.1) is 17.7 Å². The Morgan fingerprint density at radius 1 is 1.03 bits per heavy atom. The first-order valence-electron chi connectivity index (χ1n) is 9.09. The van der Waals surface area contributed by atoms with Gasteiger partial charge in [-0.2, -0.15) is 4.31 Å². The lowest BCUT2D eigenvalue weighted by atomic mass is 10.0. The fraction of sp³-hybridized carbons (Fsp3) is 0.143. The highest BCUT2D eigenvalue weighted by molar-refractivity contribution is 7.71. The lowest BCUT2D eigenvalue weighted by Crippen LogP contribution is -2.34. The summed E-state index contributed by atoms with van der Waals surface area (Å²) in [4.78, 5) is 50.6. The molecule has 9 nitrogen and oxygen atoms in total. The molecule has 2 aromatic rings. The molecule has 3 amide bonds. The zero-order valence-electron chi connectivity index (χ0n) is 16.4. The number of rotatable bonds is 7. The average molecular weight is 442 g/mol. The smallest absolute Gasteiger partial charge is 0.333 e. The number of hydrogen-bond donors (Lipinski definition) is 1. The van der Waals surface area contributed by atoms with E-state index in [1.54, 1.807) is 30.3 Å². The van der Waals surface area contributed by atoms with Gasteiger partial charge in [-0.15, -0.1) is 0 Å². The van der Waals surface area contributed by atoms with Crippen LogP contribution >= 0.6 is 0 Å². The number of esters is 1. The molecule has 0 aromatic heterocycles. The van der Waals surface area contributed by atoms with Gasteiger partial charge in [0, 0.05) is 16.8 Å². The minimum absolute atomic E-state index is 0.0182. The zero-order valence-corrected chi connectivity index (χ0v) is 17.3. The molecule has 2 aromatic carbocycles. The van der Waals surface area contributed by atoms with E-state index in [0.29, 0.717) is 5.69 Å². The third kappa shape index (κ3) is 4.38. The molecular weight excluding hydrogens is 424 g/mol. The van der Waals surface area contributed by atoms with Gasteiger partial charge in [0.1, 0.15) is 6.61 Å². The Bertz CT molecular complexity index is 1160. The van der Waals surface area contributed by atoms with Crippen LogP contribution in [0.25, 0.3) is 0 Å². The van der Waals surface area contributed by atoms with Crippen molar-refractivity contribution in [2.45, 2.75) is 6.92 Å². The highest BCUT2D eigenvalue weighted by Gasteiger charge is 2.38. The topological polar surface area (TPSA) is 118 Å². The normalized spacial score (nSPS) is 12.6. The largest absolute Gasteiger partial charge is 0.460 e. The Labute approximate surface area is 179 Å². The minimum atomic E-state index is -3.44. The molecule has 0 radical (unpaired) electrons. The summed E-state index contributed by atoms with van der Waals surface area (Å²) in [5, 5.41) is 0. The second-order valence-corrected chi connectivity index (χ2v) is 7.50. The van der Waals surface area contributed by atoms with Crippen LogP contribution in [-0.4, -0.2) is 49.6 Å². The van der Waals surface area contributed by atoms with Gasteiger partial charge in [-0.25, -0.2) is 13.2 Å². The van der Waals surface area contributed by atoms with Gasteiger partial charge in [-0.05, 0) is 37.3 Å². The number of imide groups is 1. The summed E-state index contributed by atoms with van der Waals surface area (Å²) in [6.07, 6.45) is 0. The van der Waals surface area contributed by atoms with Crippen LogP contribution in [-0.2, 0) is 20.4 Å². The van der Waals surface area contributed by atoms with E-state index in [0.717, 1.165) is 0 Å². The summed E-state index contributed by atoms with van der Waals surface area (Å²) in [7, 11) is -3.44. The number of anilines is 1. The summed E-state index contributed by atoms with van der Waals surface area (Å²) >= 11 is 0. The van der Waals surface area contributed by atoms with E-state index >= 15 is 0 Å². The van der Waals surface area contributed by atoms with E-state index in [9.17, 15) is 27.6 Å². The summed E-state index contributed by atoms with van der Waals surface area (Å²) in [5.41, 5.74) is 0.545. The highest BCUT2D eigenvalue weighted by atomic mass is 32.2. The second kappa shape index (κ2) is 8.92. The molecule has 0 atom stereocenters. The van der Waals surface area contributed by atoms with Crippen molar-refractivity contribution in [3.63, 3.8) is 0 Å². The SMILES string of the molecule is C=C(C)C(=O)OCCN(C(=O)c1ccc2c(c1)C(=O)N([SH](=O)=O)C2=O)c1ccccc1. The van der Waals surface area contributed by atoms with E-state index in [-0.39, 0.29) is 39.7 Å². The summed E-state index contributed by atoms with van der Waals surface area (Å²) in [6.45, 7) is 4.92. The number of ether oxygens (including phenoxy) is 1. The van der Waals surface area contributed by atoms with Gasteiger partial charge >= 0.3 is 5.97 Å². The number of hydrogen-bond acceptors (Lipinski definition) is 7. The quantitative estimate of drug-likeness (QED) is 0.299. The standard InChI is InChI=1S/C21H18N2O7S/c1-13(2)21(27)30-11-10-22(15-6-4-3-5-7-15)18(24)14-8-9-16-17(12-14)20(26)23(19(16)25)31(28)29/h3-9,12,31H,1,10-11H2,2H3. The number of nitrogens with zero attached hydrogens (tertiary/aromatic N) is 2. The molecule has 0 saturated heterocycles. The fourth-order valence-electron chi connectivity index (χ4n) is 2.97. The predicted molar refractivity (Wildman–Crippen MR) is 111 cm³/mol. The van der Waals surface area contributed by atoms with Crippen LogP contribution in [0.3, 0.4) is 0 Å². The molecule has 1 aliphatic heterocycles. The van der Waals surface area contributed by atoms with Gasteiger partial charge in [0.2, 0.25) is 10.9 Å². The highest BCUT2D eigenvalue weighted by Crippen LogP contribution is 2.25. The van der Waals surface area contributed by atoms with E-state index < -0.39 is 34.6 Å². The van der Waals surface area contributed by atoms with Crippen LogP contribution in [0.4, 0.5) is 5.69 Å². The molecule has 1 heterocycles. The lowest BCUT2D eigenvalue weighted by molar-refractivity contribution is -0.138. The van der Waals surface area contributed by atoms with Crippen LogP contribution in [0.5, 0.6) is 0 Å². The molecule has 0 aliphatic carbocycles. The van der Waals surface area contributed by atoms with Crippen molar-refractivity contribution in [1.82, 2.24) is 4.31 Å². The van der Waals surface area contributed by atoms with E-state index in [2.05, 4.69) is 6.58 Å². The summed E-state index contributed by atoms with van der Waals surface area (Å²) in [5.74, 6) is -3.08. The first-order chi connectivity index (χ1) is 14.7. The van der Waals surface area contributed by atoms with Crippen LogP contribution < -0.4 is 4.90 Å². The summed E-state index contributed by atoms with van der Waals surface area (Å²) in [6, 6.07) is 12.4. The molecule has 0 fully saturated rings. The van der Waals surface area contributed by atoms with Gasteiger partial charge in [0.25, 0.3) is 17.7 Å². The van der Waals surface area contributed by atoms with Gasteiger partial charge in [-0.3, -0.25) is 14.4 Å². The molecule has 0 spiro atoms.